The van der Waals surface area contributed by atoms with Crippen LogP contribution >= 0.6 is 0 Å². The second kappa shape index (κ2) is 6.25. The van der Waals surface area contributed by atoms with E-state index in [1.165, 1.54) is 0 Å². The van der Waals surface area contributed by atoms with Crippen molar-refractivity contribution in [3.05, 3.63) is 59.7 Å². The quantitative estimate of drug-likeness (QED) is 0.893. The number of rotatable bonds is 5. The molecule has 19 heavy (non-hydrogen) atoms. The summed E-state index contributed by atoms with van der Waals surface area (Å²) in [5, 5.41) is 0. The van der Waals surface area contributed by atoms with Gasteiger partial charge in [-0.2, -0.15) is 0 Å². The first-order chi connectivity index (χ1) is 9.20. The molecular weight excluding hydrogens is 238 g/mol. The van der Waals surface area contributed by atoms with Crippen LogP contribution < -0.4 is 15.2 Å². The van der Waals surface area contributed by atoms with Crippen molar-refractivity contribution >= 4 is 0 Å². The SMILES string of the molecule is COc1ccc([C@H](C)N)c(OCc2ccccc2)c1. The Morgan fingerprint density at radius 3 is 2.47 bits per heavy atom. The topological polar surface area (TPSA) is 44.5 Å². The summed E-state index contributed by atoms with van der Waals surface area (Å²) in [5.41, 5.74) is 8.06. The molecule has 0 fully saturated rings. The summed E-state index contributed by atoms with van der Waals surface area (Å²) in [6.45, 7) is 2.46. The van der Waals surface area contributed by atoms with Crippen LogP contribution in [0.3, 0.4) is 0 Å². The molecule has 0 aliphatic carbocycles. The van der Waals surface area contributed by atoms with Gasteiger partial charge < -0.3 is 15.2 Å². The van der Waals surface area contributed by atoms with Crippen molar-refractivity contribution in [2.75, 3.05) is 7.11 Å². The third kappa shape index (κ3) is 3.48. The normalized spacial score (nSPS) is 11.9. The van der Waals surface area contributed by atoms with Gasteiger partial charge >= 0.3 is 0 Å². The van der Waals surface area contributed by atoms with Crippen molar-refractivity contribution in [1.82, 2.24) is 0 Å². The van der Waals surface area contributed by atoms with Crippen LogP contribution in [0.15, 0.2) is 48.5 Å². The van der Waals surface area contributed by atoms with E-state index in [0.29, 0.717) is 6.61 Å². The van der Waals surface area contributed by atoms with Crippen molar-refractivity contribution in [1.29, 1.82) is 0 Å². The zero-order valence-corrected chi connectivity index (χ0v) is 11.3. The molecule has 0 saturated heterocycles. The molecule has 2 aromatic rings. The molecule has 0 aliphatic rings. The highest BCUT2D eigenvalue weighted by atomic mass is 16.5. The molecule has 0 heterocycles. The van der Waals surface area contributed by atoms with Gasteiger partial charge in [-0.3, -0.25) is 0 Å². The van der Waals surface area contributed by atoms with Gasteiger partial charge in [-0.1, -0.05) is 36.4 Å². The minimum atomic E-state index is -0.0725. The highest BCUT2D eigenvalue weighted by Gasteiger charge is 2.09. The van der Waals surface area contributed by atoms with Crippen molar-refractivity contribution < 1.29 is 9.47 Å². The van der Waals surface area contributed by atoms with Gasteiger partial charge in [0.1, 0.15) is 18.1 Å². The summed E-state index contributed by atoms with van der Waals surface area (Å²) < 4.78 is 11.1. The van der Waals surface area contributed by atoms with Crippen LogP contribution in [0, 0.1) is 0 Å². The first-order valence-electron chi connectivity index (χ1n) is 6.31. The molecule has 0 unspecified atom stereocenters. The minimum absolute atomic E-state index is 0.0725. The van der Waals surface area contributed by atoms with Gasteiger partial charge in [0, 0.05) is 17.7 Å². The van der Waals surface area contributed by atoms with Crippen LogP contribution in [0.1, 0.15) is 24.1 Å². The lowest BCUT2D eigenvalue weighted by atomic mass is 10.1. The largest absolute Gasteiger partial charge is 0.497 e. The van der Waals surface area contributed by atoms with Gasteiger partial charge in [-0.25, -0.2) is 0 Å². The van der Waals surface area contributed by atoms with E-state index in [9.17, 15) is 0 Å². The number of nitrogens with two attached hydrogens (primary N) is 1. The average Bonchev–Trinajstić information content (AvgIpc) is 2.45. The molecule has 0 amide bonds. The Morgan fingerprint density at radius 1 is 1.11 bits per heavy atom. The Kier molecular flexibility index (Phi) is 4.42. The van der Waals surface area contributed by atoms with Crippen LogP contribution in [-0.2, 0) is 6.61 Å². The molecule has 2 N–H and O–H groups in total. The molecule has 2 rings (SSSR count). The van der Waals surface area contributed by atoms with Crippen LogP contribution in [0.4, 0.5) is 0 Å². The molecule has 0 bridgehead atoms. The van der Waals surface area contributed by atoms with Crippen molar-refractivity contribution in [3.63, 3.8) is 0 Å². The standard InChI is InChI=1S/C16H19NO2/c1-12(17)15-9-8-14(18-2)10-16(15)19-11-13-6-4-3-5-7-13/h3-10,12H,11,17H2,1-2H3/t12-/m0/s1. The first-order valence-corrected chi connectivity index (χ1v) is 6.31. The van der Waals surface area contributed by atoms with E-state index in [1.807, 2.05) is 55.5 Å². The zero-order chi connectivity index (χ0) is 13.7. The van der Waals surface area contributed by atoms with Crippen LogP contribution in [-0.4, -0.2) is 7.11 Å². The maximum Gasteiger partial charge on any atom is 0.128 e. The zero-order valence-electron chi connectivity index (χ0n) is 11.3. The summed E-state index contributed by atoms with van der Waals surface area (Å²) in [5.74, 6) is 1.55. The second-order valence-electron chi connectivity index (χ2n) is 4.47. The summed E-state index contributed by atoms with van der Waals surface area (Å²) in [6.07, 6.45) is 0. The number of methoxy groups -OCH3 is 1. The van der Waals surface area contributed by atoms with E-state index in [4.69, 9.17) is 15.2 Å². The number of hydrogen-bond donors (Lipinski definition) is 1. The fourth-order valence-corrected chi connectivity index (χ4v) is 1.88. The summed E-state index contributed by atoms with van der Waals surface area (Å²) in [6, 6.07) is 15.7. The Morgan fingerprint density at radius 2 is 1.84 bits per heavy atom. The molecule has 1 atom stereocenters. The summed E-state index contributed by atoms with van der Waals surface area (Å²) >= 11 is 0. The maximum absolute atomic E-state index is 5.95. The Bertz CT molecular complexity index is 524. The van der Waals surface area contributed by atoms with Crippen LogP contribution in [0.25, 0.3) is 0 Å². The van der Waals surface area contributed by atoms with E-state index in [0.717, 1.165) is 22.6 Å². The molecule has 0 radical (unpaired) electrons. The Hall–Kier alpha value is -2.00. The predicted molar refractivity (Wildman–Crippen MR) is 76.4 cm³/mol. The van der Waals surface area contributed by atoms with Gasteiger partial charge in [-0.05, 0) is 18.6 Å². The smallest absolute Gasteiger partial charge is 0.128 e. The monoisotopic (exact) mass is 257 g/mol. The van der Waals surface area contributed by atoms with Gasteiger partial charge in [0.25, 0.3) is 0 Å². The molecule has 2 aromatic carbocycles. The molecule has 3 nitrogen and oxygen atoms in total. The Balaban J connectivity index is 2.18. The van der Waals surface area contributed by atoms with Gasteiger partial charge in [0.05, 0.1) is 7.11 Å². The van der Waals surface area contributed by atoms with Crippen molar-refractivity contribution in [3.8, 4) is 11.5 Å². The second-order valence-corrected chi connectivity index (χ2v) is 4.47. The molecule has 0 aliphatic heterocycles. The van der Waals surface area contributed by atoms with E-state index < -0.39 is 0 Å². The first kappa shape index (κ1) is 13.4. The van der Waals surface area contributed by atoms with Crippen molar-refractivity contribution in [2.24, 2.45) is 5.73 Å². The highest BCUT2D eigenvalue weighted by molar-refractivity contribution is 5.42. The summed E-state index contributed by atoms with van der Waals surface area (Å²) in [7, 11) is 1.64. The molecular formula is C16H19NO2. The lowest BCUT2D eigenvalue weighted by molar-refractivity contribution is 0.299. The van der Waals surface area contributed by atoms with Gasteiger partial charge in [0.2, 0.25) is 0 Å². The molecule has 0 saturated carbocycles. The minimum Gasteiger partial charge on any atom is -0.497 e. The van der Waals surface area contributed by atoms with Gasteiger partial charge in [-0.15, -0.1) is 0 Å². The molecule has 0 aromatic heterocycles. The van der Waals surface area contributed by atoms with E-state index in [-0.39, 0.29) is 6.04 Å². The van der Waals surface area contributed by atoms with Crippen LogP contribution in [0.2, 0.25) is 0 Å². The average molecular weight is 257 g/mol. The Labute approximate surface area is 114 Å². The number of hydrogen-bond acceptors (Lipinski definition) is 3. The van der Waals surface area contributed by atoms with Crippen molar-refractivity contribution in [2.45, 2.75) is 19.6 Å². The molecule has 100 valence electrons. The lowest BCUT2D eigenvalue weighted by Gasteiger charge is -2.15. The van der Waals surface area contributed by atoms with E-state index >= 15 is 0 Å². The van der Waals surface area contributed by atoms with E-state index in [2.05, 4.69) is 0 Å². The predicted octanol–water partition coefficient (Wildman–Crippen LogP) is 3.29. The highest BCUT2D eigenvalue weighted by Crippen LogP contribution is 2.29. The summed E-state index contributed by atoms with van der Waals surface area (Å²) in [4.78, 5) is 0. The third-order valence-electron chi connectivity index (χ3n) is 2.95. The maximum atomic E-state index is 5.95. The number of ether oxygens (including phenoxy) is 2. The van der Waals surface area contributed by atoms with E-state index in [1.54, 1.807) is 7.11 Å². The fraction of sp³-hybridized carbons (Fsp3) is 0.250. The third-order valence-corrected chi connectivity index (χ3v) is 2.95. The number of benzene rings is 2. The molecule has 0 spiro atoms. The lowest BCUT2D eigenvalue weighted by Crippen LogP contribution is -2.08. The molecule has 3 heteroatoms. The van der Waals surface area contributed by atoms with Gasteiger partial charge in [0.15, 0.2) is 0 Å². The van der Waals surface area contributed by atoms with Crippen LogP contribution in [0.5, 0.6) is 11.5 Å². The fourth-order valence-electron chi connectivity index (χ4n) is 1.88.